The summed E-state index contributed by atoms with van der Waals surface area (Å²) in [6.07, 6.45) is 0.830. The maximum absolute atomic E-state index is 6.59. The molecule has 0 amide bonds. The highest BCUT2D eigenvalue weighted by atomic mass is 35.5. The van der Waals surface area contributed by atoms with E-state index < -0.39 is 0 Å². The summed E-state index contributed by atoms with van der Waals surface area (Å²) in [6.45, 7) is 7.00. The number of halogens is 2. The van der Waals surface area contributed by atoms with Crippen molar-refractivity contribution in [1.82, 2.24) is 9.78 Å². The zero-order valence-electron chi connectivity index (χ0n) is 12.1. The molecule has 2 unspecified atom stereocenters. The second-order valence-electron chi connectivity index (χ2n) is 5.16. The Bertz CT molecular complexity index is 563. The molecule has 108 valence electrons. The topological polar surface area (TPSA) is 17.8 Å². The molecule has 0 aliphatic carbocycles. The third-order valence-electron chi connectivity index (χ3n) is 3.59. The van der Waals surface area contributed by atoms with Crippen LogP contribution in [0.15, 0.2) is 30.3 Å². The lowest BCUT2D eigenvalue weighted by Gasteiger charge is -2.19. The van der Waals surface area contributed by atoms with E-state index in [4.69, 9.17) is 23.2 Å². The first kappa shape index (κ1) is 15.4. The van der Waals surface area contributed by atoms with Gasteiger partial charge < -0.3 is 0 Å². The van der Waals surface area contributed by atoms with Gasteiger partial charge in [-0.3, -0.25) is 4.68 Å². The molecule has 0 saturated carbocycles. The molecule has 1 aromatic heterocycles. The van der Waals surface area contributed by atoms with Crippen molar-refractivity contribution in [1.29, 1.82) is 0 Å². The van der Waals surface area contributed by atoms with Gasteiger partial charge in [0.25, 0.3) is 0 Å². The molecule has 0 saturated heterocycles. The second-order valence-corrected chi connectivity index (χ2v) is 6.00. The first-order valence-electron chi connectivity index (χ1n) is 6.95. The summed E-state index contributed by atoms with van der Waals surface area (Å²) in [4.78, 5) is 0. The average Bonchev–Trinajstić information content (AvgIpc) is 2.75. The average molecular weight is 311 g/mol. The number of aromatic nitrogens is 2. The fourth-order valence-corrected chi connectivity index (χ4v) is 2.88. The highest BCUT2D eigenvalue weighted by Gasteiger charge is 2.21. The van der Waals surface area contributed by atoms with Crippen molar-refractivity contribution in [2.24, 2.45) is 5.92 Å². The van der Waals surface area contributed by atoms with Crippen LogP contribution in [-0.2, 0) is 13.0 Å². The molecule has 4 heteroatoms. The molecule has 0 bridgehead atoms. The molecule has 1 heterocycles. The van der Waals surface area contributed by atoms with Gasteiger partial charge >= 0.3 is 0 Å². The standard InChI is InChI=1S/C16H20Cl2N2/c1-4-20-14(16(18)12(3)19-20)10-11(2)15(17)13-8-6-5-7-9-13/h5-9,11,15H,4,10H2,1-3H3. The van der Waals surface area contributed by atoms with Gasteiger partial charge in [0.1, 0.15) is 0 Å². The Morgan fingerprint density at radius 2 is 1.90 bits per heavy atom. The fourth-order valence-electron chi connectivity index (χ4n) is 2.44. The van der Waals surface area contributed by atoms with Crippen molar-refractivity contribution in [2.75, 3.05) is 0 Å². The molecule has 2 nitrogen and oxygen atoms in total. The minimum atomic E-state index is -0.0206. The van der Waals surface area contributed by atoms with Crippen LogP contribution in [0.25, 0.3) is 0 Å². The predicted octanol–water partition coefficient (Wildman–Crippen LogP) is 5.02. The van der Waals surface area contributed by atoms with Gasteiger partial charge in [0, 0.05) is 6.54 Å². The number of aryl methyl sites for hydroxylation is 2. The Morgan fingerprint density at radius 1 is 1.25 bits per heavy atom. The molecule has 0 aliphatic rings. The highest BCUT2D eigenvalue weighted by molar-refractivity contribution is 6.31. The lowest BCUT2D eigenvalue weighted by atomic mass is 9.96. The van der Waals surface area contributed by atoms with Crippen LogP contribution in [0.5, 0.6) is 0 Å². The number of benzene rings is 1. The van der Waals surface area contributed by atoms with Gasteiger partial charge in [0.05, 0.1) is 21.8 Å². The highest BCUT2D eigenvalue weighted by Crippen LogP contribution is 2.33. The van der Waals surface area contributed by atoms with Crippen LogP contribution in [0.1, 0.15) is 36.2 Å². The van der Waals surface area contributed by atoms with Gasteiger partial charge in [-0.05, 0) is 31.7 Å². The Kier molecular flexibility index (Phi) is 5.11. The second kappa shape index (κ2) is 6.64. The molecular formula is C16H20Cl2N2. The van der Waals surface area contributed by atoms with Crippen molar-refractivity contribution in [2.45, 2.75) is 39.1 Å². The number of alkyl halides is 1. The molecule has 1 aromatic carbocycles. The molecule has 0 radical (unpaired) electrons. The van der Waals surface area contributed by atoms with Crippen LogP contribution < -0.4 is 0 Å². The molecule has 0 spiro atoms. The number of nitrogens with zero attached hydrogens (tertiary/aromatic N) is 2. The monoisotopic (exact) mass is 310 g/mol. The Hall–Kier alpha value is -0.990. The molecule has 2 aromatic rings. The quantitative estimate of drug-likeness (QED) is 0.709. The summed E-state index contributed by atoms with van der Waals surface area (Å²) < 4.78 is 1.97. The Morgan fingerprint density at radius 3 is 2.50 bits per heavy atom. The Labute approximate surface area is 130 Å². The Balaban J connectivity index is 2.18. The third-order valence-corrected chi connectivity index (χ3v) is 4.76. The SMILES string of the molecule is CCn1nc(C)c(Cl)c1CC(C)C(Cl)c1ccccc1. The third kappa shape index (κ3) is 3.18. The zero-order chi connectivity index (χ0) is 14.7. The lowest BCUT2D eigenvalue weighted by Crippen LogP contribution is -2.12. The molecule has 0 fully saturated rings. The molecule has 2 rings (SSSR count). The molecule has 2 atom stereocenters. The van der Waals surface area contributed by atoms with E-state index in [1.165, 1.54) is 0 Å². The summed E-state index contributed by atoms with van der Waals surface area (Å²) in [7, 11) is 0. The number of rotatable bonds is 5. The maximum Gasteiger partial charge on any atom is 0.0847 e. The first-order valence-corrected chi connectivity index (χ1v) is 7.76. The summed E-state index contributed by atoms with van der Waals surface area (Å²) >= 11 is 12.9. The maximum atomic E-state index is 6.59. The largest absolute Gasteiger partial charge is 0.268 e. The van der Waals surface area contributed by atoms with E-state index in [0.717, 1.165) is 34.9 Å². The first-order chi connectivity index (χ1) is 9.54. The molecule has 0 N–H and O–H groups in total. The molecule has 20 heavy (non-hydrogen) atoms. The molecule has 0 aliphatic heterocycles. The van der Waals surface area contributed by atoms with Gasteiger partial charge in [-0.1, -0.05) is 48.9 Å². The number of hydrogen-bond acceptors (Lipinski definition) is 1. The van der Waals surface area contributed by atoms with Crippen LogP contribution in [0.2, 0.25) is 5.02 Å². The predicted molar refractivity (Wildman–Crippen MR) is 85.6 cm³/mol. The van der Waals surface area contributed by atoms with Gasteiger partial charge in [-0.2, -0.15) is 5.10 Å². The van der Waals surface area contributed by atoms with Crippen LogP contribution in [-0.4, -0.2) is 9.78 Å². The van der Waals surface area contributed by atoms with Gasteiger partial charge in [0.2, 0.25) is 0 Å². The lowest BCUT2D eigenvalue weighted by molar-refractivity contribution is 0.516. The zero-order valence-corrected chi connectivity index (χ0v) is 13.6. The van der Waals surface area contributed by atoms with Crippen molar-refractivity contribution < 1.29 is 0 Å². The van der Waals surface area contributed by atoms with E-state index in [1.54, 1.807) is 0 Å². The summed E-state index contributed by atoms with van der Waals surface area (Å²) in [5, 5.41) is 5.21. The summed E-state index contributed by atoms with van der Waals surface area (Å²) in [5.74, 6) is 0.290. The van der Waals surface area contributed by atoms with E-state index >= 15 is 0 Å². The summed E-state index contributed by atoms with van der Waals surface area (Å²) in [6, 6.07) is 10.2. The molecular weight excluding hydrogens is 291 g/mol. The van der Waals surface area contributed by atoms with Crippen molar-refractivity contribution in [3.8, 4) is 0 Å². The van der Waals surface area contributed by atoms with Crippen molar-refractivity contribution in [3.05, 3.63) is 52.3 Å². The van der Waals surface area contributed by atoms with Crippen LogP contribution in [0.3, 0.4) is 0 Å². The van der Waals surface area contributed by atoms with Crippen LogP contribution >= 0.6 is 23.2 Å². The smallest absolute Gasteiger partial charge is 0.0847 e. The van der Waals surface area contributed by atoms with E-state index in [0.29, 0.717) is 0 Å². The van der Waals surface area contributed by atoms with Gasteiger partial charge in [-0.15, -0.1) is 11.6 Å². The minimum absolute atomic E-state index is 0.0206. The van der Waals surface area contributed by atoms with E-state index in [2.05, 4.69) is 31.1 Å². The van der Waals surface area contributed by atoms with Gasteiger partial charge in [0.15, 0.2) is 0 Å². The van der Waals surface area contributed by atoms with E-state index in [1.807, 2.05) is 29.8 Å². The van der Waals surface area contributed by atoms with E-state index in [9.17, 15) is 0 Å². The fraction of sp³-hybridized carbons (Fsp3) is 0.438. The van der Waals surface area contributed by atoms with Crippen LogP contribution in [0.4, 0.5) is 0 Å². The van der Waals surface area contributed by atoms with Crippen LogP contribution in [0, 0.1) is 12.8 Å². The normalized spacial score (nSPS) is 14.2. The van der Waals surface area contributed by atoms with Crippen molar-refractivity contribution >= 4 is 23.2 Å². The van der Waals surface area contributed by atoms with Crippen molar-refractivity contribution in [3.63, 3.8) is 0 Å². The summed E-state index contributed by atoms with van der Waals surface area (Å²) in [5.41, 5.74) is 3.12. The van der Waals surface area contributed by atoms with E-state index in [-0.39, 0.29) is 11.3 Å². The number of hydrogen-bond donors (Lipinski definition) is 0. The minimum Gasteiger partial charge on any atom is -0.268 e. The van der Waals surface area contributed by atoms with Gasteiger partial charge in [-0.25, -0.2) is 0 Å².